The predicted octanol–water partition coefficient (Wildman–Crippen LogP) is 5.11. The van der Waals surface area contributed by atoms with Gasteiger partial charge in [-0.25, -0.2) is 4.79 Å². The zero-order chi connectivity index (χ0) is 21.6. The number of thiocarbonyl (C=S) groups is 1. The first kappa shape index (κ1) is 21.3. The highest BCUT2D eigenvalue weighted by Crippen LogP contribution is 2.36. The molecule has 1 aliphatic heterocycles. The topological polar surface area (TPSA) is 44.8 Å². The SMILES string of the molecule is CCOC(=O)c1cc(-c2ccccc2)sc1NC(=S)N1CCN(c2ccccc2)CC1. The molecule has 0 spiro atoms. The number of piperazine rings is 1. The minimum Gasteiger partial charge on any atom is -0.462 e. The third-order valence-electron chi connectivity index (χ3n) is 5.19. The molecule has 0 bridgehead atoms. The van der Waals surface area contributed by atoms with E-state index in [0.29, 0.717) is 17.3 Å². The number of nitrogens with one attached hydrogen (secondary N) is 1. The zero-order valence-corrected chi connectivity index (χ0v) is 19.0. The molecule has 0 aliphatic carbocycles. The Balaban J connectivity index is 1.47. The normalized spacial score (nSPS) is 13.7. The number of anilines is 2. The number of para-hydroxylation sites is 1. The van der Waals surface area contributed by atoms with Crippen LogP contribution in [-0.2, 0) is 4.74 Å². The Morgan fingerprint density at radius 3 is 2.32 bits per heavy atom. The molecule has 1 aromatic heterocycles. The Bertz CT molecular complexity index is 1030. The van der Waals surface area contributed by atoms with Crippen LogP contribution in [0.5, 0.6) is 0 Å². The highest BCUT2D eigenvalue weighted by Gasteiger charge is 2.23. The summed E-state index contributed by atoms with van der Waals surface area (Å²) in [5.74, 6) is -0.333. The molecule has 5 nitrogen and oxygen atoms in total. The van der Waals surface area contributed by atoms with Crippen LogP contribution in [0, 0.1) is 0 Å². The zero-order valence-electron chi connectivity index (χ0n) is 17.4. The fraction of sp³-hybridized carbons (Fsp3) is 0.250. The number of nitrogens with zero attached hydrogens (tertiary/aromatic N) is 2. The van der Waals surface area contributed by atoms with Gasteiger partial charge in [0.05, 0.1) is 12.2 Å². The van der Waals surface area contributed by atoms with E-state index < -0.39 is 0 Å². The summed E-state index contributed by atoms with van der Waals surface area (Å²) in [5, 5.41) is 4.69. The maximum Gasteiger partial charge on any atom is 0.341 e. The molecule has 1 N–H and O–H groups in total. The van der Waals surface area contributed by atoms with Crippen LogP contribution >= 0.6 is 23.6 Å². The Kier molecular flexibility index (Phi) is 6.84. The number of hydrogen-bond acceptors (Lipinski definition) is 5. The molecule has 0 unspecified atom stereocenters. The van der Waals surface area contributed by atoms with Crippen molar-refractivity contribution in [3.63, 3.8) is 0 Å². The Morgan fingerprint density at radius 2 is 1.68 bits per heavy atom. The number of benzene rings is 2. The predicted molar refractivity (Wildman–Crippen MR) is 132 cm³/mol. The number of esters is 1. The number of thiophene rings is 1. The van der Waals surface area contributed by atoms with Gasteiger partial charge >= 0.3 is 5.97 Å². The van der Waals surface area contributed by atoms with Gasteiger partial charge in [-0.3, -0.25) is 0 Å². The third-order valence-corrected chi connectivity index (χ3v) is 6.65. The molecule has 2 heterocycles. The molecule has 0 amide bonds. The first-order chi connectivity index (χ1) is 15.2. The monoisotopic (exact) mass is 451 g/mol. The Morgan fingerprint density at radius 1 is 1.03 bits per heavy atom. The van der Waals surface area contributed by atoms with Crippen molar-refractivity contribution < 1.29 is 9.53 Å². The molecular formula is C24H25N3O2S2. The second kappa shape index (κ2) is 9.94. The van der Waals surface area contributed by atoms with E-state index in [0.717, 1.165) is 41.6 Å². The maximum atomic E-state index is 12.5. The fourth-order valence-corrected chi connectivity index (χ4v) is 4.97. The van der Waals surface area contributed by atoms with Gasteiger partial charge in [-0.2, -0.15) is 0 Å². The second-order valence-corrected chi connectivity index (χ2v) is 8.62. The summed E-state index contributed by atoms with van der Waals surface area (Å²) in [5.41, 5.74) is 2.82. The summed E-state index contributed by atoms with van der Waals surface area (Å²) in [6, 6.07) is 22.3. The van der Waals surface area contributed by atoms with Crippen molar-refractivity contribution in [3.8, 4) is 10.4 Å². The minimum atomic E-state index is -0.333. The van der Waals surface area contributed by atoms with Gasteiger partial charge in [0.1, 0.15) is 5.00 Å². The lowest BCUT2D eigenvalue weighted by Crippen LogP contribution is -2.50. The molecule has 1 fully saturated rings. The van der Waals surface area contributed by atoms with Crippen molar-refractivity contribution in [2.75, 3.05) is 43.0 Å². The van der Waals surface area contributed by atoms with Crippen molar-refractivity contribution in [1.29, 1.82) is 0 Å². The van der Waals surface area contributed by atoms with E-state index in [-0.39, 0.29) is 5.97 Å². The minimum absolute atomic E-state index is 0.333. The summed E-state index contributed by atoms with van der Waals surface area (Å²) in [7, 11) is 0. The largest absolute Gasteiger partial charge is 0.462 e. The van der Waals surface area contributed by atoms with E-state index in [9.17, 15) is 4.79 Å². The maximum absolute atomic E-state index is 12.5. The van der Waals surface area contributed by atoms with Crippen molar-refractivity contribution in [3.05, 3.63) is 72.3 Å². The molecule has 0 atom stereocenters. The van der Waals surface area contributed by atoms with Crippen molar-refractivity contribution in [2.45, 2.75) is 6.92 Å². The quantitative estimate of drug-likeness (QED) is 0.430. The molecule has 3 aromatic rings. The van der Waals surface area contributed by atoms with Crippen LogP contribution in [0.25, 0.3) is 10.4 Å². The van der Waals surface area contributed by atoms with Gasteiger partial charge in [-0.05, 0) is 42.9 Å². The average Bonchev–Trinajstić information content (AvgIpc) is 3.24. The first-order valence-corrected chi connectivity index (χ1v) is 11.6. The smallest absolute Gasteiger partial charge is 0.341 e. The van der Waals surface area contributed by atoms with Crippen LogP contribution in [0.2, 0.25) is 0 Å². The lowest BCUT2D eigenvalue weighted by atomic mass is 10.1. The molecule has 1 aliphatic rings. The summed E-state index contributed by atoms with van der Waals surface area (Å²) < 4.78 is 5.27. The van der Waals surface area contributed by atoms with Crippen LogP contribution < -0.4 is 10.2 Å². The Hall–Kier alpha value is -2.90. The van der Waals surface area contributed by atoms with Gasteiger partial charge in [0.2, 0.25) is 0 Å². The van der Waals surface area contributed by atoms with E-state index in [1.807, 2.05) is 49.4 Å². The van der Waals surface area contributed by atoms with E-state index >= 15 is 0 Å². The highest BCUT2D eigenvalue weighted by molar-refractivity contribution is 7.80. The van der Waals surface area contributed by atoms with Gasteiger partial charge in [0.15, 0.2) is 5.11 Å². The molecule has 1 saturated heterocycles. The molecular weight excluding hydrogens is 426 g/mol. The third kappa shape index (κ3) is 5.06. The average molecular weight is 452 g/mol. The first-order valence-electron chi connectivity index (χ1n) is 10.4. The Labute approximate surface area is 192 Å². The lowest BCUT2D eigenvalue weighted by Gasteiger charge is -2.37. The van der Waals surface area contributed by atoms with Gasteiger partial charge in [0.25, 0.3) is 0 Å². The number of hydrogen-bond donors (Lipinski definition) is 1. The van der Waals surface area contributed by atoms with Crippen molar-refractivity contribution in [2.24, 2.45) is 0 Å². The van der Waals surface area contributed by atoms with Crippen LogP contribution in [0.15, 0.2) is 66.7 Å². The van der Waals surface area contributed by atoms with E-state index in [1.165, 1.54) is 17.0 Å². The highest BCUT2D eigenvalue weighted by atomic mass is 32.1. The van der Waals surface area contributed by atoms with Crippen molar-refractivity contribution in [1.82, 2.24) is 4.90 Å². The van der Waals surface area contributed by atoms with Gasteiger partial charge in [-0.15, -0.1) is 11.3 Å². The van der Waals surface area contributed by atoms with Gasteiger partial charge < -0.3 is 19.9 Å². The molecule has 0 radical (unpaired) electrons. The number of rotatable bonds is 5. The lowest BCUT2D eigenvalue weighted by molar-refractivity contribution is 0.0528. The molecule has 7 heteroatoms. The van der Waals surface area contributed by atoms with Crippen LogP contribution in [0.4, 0.5) is 10.7 Å². The van der Waals surface area contributed by atoms with Crippen LogP contribution in [0.3, 0.4) is 0 Å². The molecule has 0 saturated carbocycles. The second-order valence-electron chi connectivity index (χ2n) is 7.18. The van der Waals surface area contributed by atoms with E-state index in [2.05, 4.69) is 39.4 Å². The number of carbonyl (C=O) groups excluding carboxylic acids is 1. The van der Waals surface area contributed by atoms with E-state index in [1.54, 1.807) is 0 Å². The summed E-state index contributed by atoms with van der Waals surface area (Å²) in [6.07, 6.45) is 0. The van der Waals surface area contributed by atoms with Crippen LogP contribution in [-0.4, -0.2) is 48.8 Å². The molecule has 4 rings (SSSR count). The number of carbonyl (C=O) groups is 1. The molecule has 2 aromatic carbocycles. The standard InChI is InChI=1S/C24H25N3O2S2/c1-2-29-23(28)20-17-21(18-9-5-3-6-10-18)31-22(20)25-24(30)27-15-13-26(14-16-27)19-11-7-4-8-12-19/h3-12,17H,2,13-16H2,1H3,(H,25,30). The van der Waals surface area contributed by atoms with Gasteiger partial charge in [0, 0.05) is 36.7 Å². The summed E-state index contributed by atoms with van der Waals surface area (Å²) in [6.45, 7) is 5.60. The van der Waals surface area contributed by atoms with Crippen molar-refractivity contribution >= 4 is 45.3 Å². The molecule has 160 valence electrons. The van der Waals surface area contributed by atoms with Crippen LogP contribution in [0.1, 0.15) is 17.3 Å². The fourth-order valence-electron chi connectivity index (χ4n) is 3.57. The van der Waals surface area contributed by atoms with Gasteiger partial charge in [-0.1, -0.05) is 48.5 Å². The summed E-state index contributed by atoms with van der Waals surface area (Å²) >= 11 is 7.22. The summed E-state index contributed by atoms with van der Waals surface area (Å²) in [4.78, 5) is 18.1. The number of ether oxygens (including phenoxy) is 1. The van der Waals surface area contributed by atoms with E-state index in [4.69, 9.17) is 17.0 Å². The molecule has 31 heavy (non-hydrogen) atoms.